The zero-order chi connectivity index (χ0) is 18.8. The fourth-order valence-corrected chi connectivity index (χ4v) is 3.49. The lowest BCUT2D eigenvalue weighted by atomic mass is 10.0. The number of carbonyl (C=O) groups is 1. The quantitative estimate of drug-likeness (QED) is 0.726. The predicted molar refractivity (Wildman–Crippen MR) is 108 cm³/mol. The molecule has 5 heteroatoms. The highest BCUT2D eigenvalue weighted by atomic mass is 16.1. The van der Waals surface area contributed by atoms with Crippen LogP contribution in [0.4, 0.5) is 0 Å². The van der Waals surface area contributed by atoms with Crippen LogP contribution in [0.5, 0.6) is 0 Å². The number of hydrogen-bond donors (Lipinski definition) is 1. The van der Waals surface area contributed by atoms with E-state index in [-0.39, 0.29) is 11.9 Å². The lowest BCUT2D eigenvalue weighted by molar-refractivity contribution is 0.0944. The molecule has 1 amide bonds. The van der Waals surface area contributed by atoms with E-state index in [1.165, 1.54) is 5.57 Å². The van der Waals surface area contributed by atoms with E-state index in [1.54, 1.807) is 0 Å². The van der Waals surface area contributed by atoms with Crippen molar-refractivity contribution in [2.75, 3.05) is 20.1 Å². The smallest absolute Gasteiger partial charge is 0.251 e. The number of hydrogen-bond acceptors (Lipinski definition) is 3. The molecule has 0 saturated heterocycles. The van der Waals surface area contributed by atoms with Crippen LogP contribution in [0.2, 0.25) is 0 Å². The molecule has 1 aliphatic rings. The van der Waals surface area contributed by atoms with Gasteiger partial charge in [0, 0.05) is 30.4 Å². The lowest BCUT2D eigenvalue weighted by Gasteiger charge is -2.26. The van der Waals surface area contributed by atoms with Crippen molar-refractivity contribution in [2.45, 2.75) is 19.4 Å². The summed E-state index contributed by atoms with van der Waals surface area (Å²) in [6.45, 7) is 4.05. The second kappa shape index (κ2) is 7.37. The van der Waals surface area contributed by atoms with Gasteiger partial charge in [-0.15, -0.1) is 0 Å². The molecule has 0 bridgehead atoms. The maximum atomic E-state index is 12.6. The van der Waals surface area contributed by atoms with Gasteiger partial charge in [-0.3, -0.25) is 9.36 Å². The molecule has 4 rings (SSSR count). The molecule has 0 spiro atoms. The fraction of sp³-hybridized carbons (Fsp3) is 0.273. The summed E-state index contributed by atoms with van der Waals surface area (Å²) in [7, 11) is 2.11. The van der Waals surface area contributed by atoms with Gasteiger partial charge in [0.05, 0.1) is 11.0 Å². The number of aromatic nitrogens is 2. The van der Waals surface area contributed by atoms with Gasteiger partial charge < -0.3 is 10.2 Å². The van der Waals surface area contributed by atoms with Gasteiger partial charge in [-0.05, 0) is 62.4 Å². The molecule has 0 saturated carbocycles. The third-order valence-corrected chi connectivity index (χ3v) is 5.21. The normalized spacial score (nSPS) is 16.1. The minimum atomic E-state index is -0.0376. The highest BCUT2D eigenvalue weighted by Crippen LogP contribution is 2.19. The van der Waals surface area contributed by atoms with Crippen molar-refractivity contribution >= 4 is 16.9 Å². The van der Waals surface area contributed by atoms with Crippen LogP contribution < -0.4 is 5.32 Å². The first-order valence-corrected chi connectivity index (χ1v) is 9.32. The van der Waals surface area contributed by atoms with Gasteiger partial charge in [-0.1, -0.05) is 18.2 Å². The minimum Gasteiger partial charge on any atom is -0.346 e. The number of rotatable bonds is 4. The molecule has 1 aliphatic heterocycles. The highest BCUT2D eigenvalue weighted by molar-refractivity contribution is 5.94. The highest BCUT2D eigenvalue weighted by Gasteiger charge is 2.16. The Balaban J connectivity index is 1.48. The second-order valence-electron chi connectivity index (χ2n) is 7.14. The Kier molecular flexibility index (Phi) is 4.77. The van der Waals surface area contributed by atoms with Crippen LogP contribution >= 0.6 is 0 Å². The third-order valence-electron chi connectivity index (χ3n) is 5.21. The minimum absolute atomic E-state index is 0.0376. The average molecular weight is 360 g/mol. The summed E-state index contributed by atoms with van der Waals surface area (Å²) in [6, 6.07) is 15.7. The second-order valence-corrected chi connectivity index (χ2v) is 7.14. The first kappa shape index (κ1) is 17.5. The molecule has 1 unspecified atom stereocenters. The lowest BCUT2D eigenvalue weighted by Crippen LogP contribution is -2.37. The Hall–Kier alpha value is -2.92. The van der Waals surface area contributed by atoms with E-state index >= 15 is 0 Å². The molecule has 2 aromatic carbocycles. The van der Waals surface area contributed by atoms with E-state index in [0.29, 0.717) is 5.56 Å². The Morgan fingerprint density at radius 2 is 1.93 bits per heavy atom. The maximum Gasteiger partial charge on any atom is 0.251 e. The number of nitrogens with one attached hydrogen (secondary N) is 1. The van der Waals surface area contributed by atoms with E-state index in [1.807, 2.05) is 59.4 Å². The van der Waals surface area contributed by atoms with Gasteiger partial charge in [-0.2, -0.15) is 0 Å². The number of benzene rings is 2. The van der Waals surface area contributed by atoms with Crippen LogP contribution in [0, 0.1) is 0 Å². The number of carbonyl (C=O) groups excluding carboxylic acids is 1. The summed E-state index contributed by atoms with van der Waals surface area (Å²) in [5, 5.41) is 3.12. The molecule has 27 heavy (non-hydrogen) atoms. The van der Waals surface area contributed by atoms with Crippen molar-refractivity contribution in [1.29, 1.82) is 0 Å². The van der Waals surface area contributed by atoms with Crippen molar-refractivity contribution in [3.05, 3.63) is 72.1 Å². The van der Waals surface area contributed by atoms with Crippen LogP contribution in [0.15, 0.2) is 66.5 Å². The number of nitrogens with zero attached hydrogens (tertiary/aromatic N) is 3. The van der Waals surface area contributed by atoms with Crippen LogP contribution in [0.25, 0.3) is 16.7 Å². The largest absolute Gasteiger partial charge is 0.346 e. The Bertz CT molecular complexity index is 987. The predicted octanol–water partition coefficient (Wildman–Crippen LogP) is 3.41. The van der Waals surface area contributed by atoms with Gasteiger partial charge in [0.25, 0.3) is 5.91 Å². The van der Waals surface area contributed by atoms with Crippen molar-refractivity contribution < 1.29 is 4.79 Å². The Morgan fingerprint density at radius 3 is 2.67 bits per heavy atom. The molecule has 0 radical (unpaired) electrons. The maximum absolute atomic E-state index is 12.6. The summed E-state index contributed by atoms with van der Waals surface area (Å²) < 4.78 is 2.03. The summed E-state index contributed by atoms with van der Waals surface area (Å²) in [5.74, 6) is -0.0376. The van der Waals surface area contributed by atoms with Crippen molar-refractivity contribution in [3.63, 3.8) is 0 Å². The molecular formula is C22H24N4O. The molecule has 138 valence electrons. The van der Waals surface area contributed by atoms with Gasteiger partial charge in [0.2, 0.25) is 0 Å². The molecular weight excluding hydrogens is 336 g/mol. The molecule has 1 N–H and O–H groups in total. The van der Waals surface area contributed by atoms with Crippen molar-refractivity contribution in [3.8, 4) is 5.69 Å². The Morgan fingerprint density at radius 1 is 1.15 bits per heavy atom. The van der Waals surface area contributed by atoms with Gasteiger partial charge in [0.15, 0.2) is 0 Å². The van der Waals surface area contributed by atoms with Crippen LogP contribution in [0.3, 0.4) is 0 Å². The molecule has 1 atom stereocenters. The number of para-hydroxylation sites is 2. The molecule has 0 fully saturated rings. The number of amides is 1. The topological polar surface area (TPSA) is 50.2 Å². The zero-order valence-electron chi connectivity index (χ0n) is 15.7. The monoisotopic (exact) mass is 360 g/mol. The van der Waals surface area contributed by atoms with Crippen LogP contribution in [-0.2, 0) is 0 Å². The molecule has 2 heterocycles. The first-order chi connectivity index (χ1) is 13.1. The fourth-order valence-electron chi connectivity index (χ4n) is 3.49. The average Bonchev–Trinajstić information content (AvgIpc) is 3.12. The first-order valence-electron chi connectivity index (χ1n) is 9.32. The van der Waals surface area contributed by atoms with E-state index in [4.69, 9.17) is 0 Å². The Labute approximate surface area is 159 Å². The number of imidazole rings is 1. The molecule has 1 aromatic heterocycles. The van der Waals surface area contributed by atoms with Crippen molar-refractivity contribution in [1.82, 2.24) is 19.8 Å². The van der Waals surface area contributed by atoms with Crippen molar-refractivity contribution in [2.24, 2.45) is 0 Å². The summed E-state index contributed by atoms with van der Waals surface area (Å²) >= 11 is 0. The van der Waals surface area contributed by atoms with Gasteiger partial charge in [0.1, 0.15) is 6.33 Å². The summed E-state index contributed by atoms with van der Waals surface area (Å²) in [6.07, 6.45) is 5.04. The zero-order valence-corrected chi connectivity index (χ0v) is 15.7. The molecule has 5 nitrogen and oxygen atoms in total. The number of likely N-dealkylation sites (N-methyl/N-ethyl adjacent to an activating group) is 1. The standard InChI is InChI=1S/C22H24N4O/c1-16(17-11-13-25(2)14-12-17)24-22(27)18-7-9-19(10-8-18)26-15-23-20-5-3-4-6-21(20)26/h3-11,15-16H,12-14H2,1-2H3,(H,24,27). The summed E-state index contributed by atoms with van der Waals surface area (Å²) in [5.41, 5.74) is 4.98. The molecule has 3 aromatic rings. The van der Waals surface area contributed by atoms with Gasteiger partial charge >= 0.3 is 0 Å². The number of fused-ring (bicyclic) bond motifs is 1. The van der Waals surface area contributed by atoms with E-state index in [0.717, 1.165) is 36.2 Å². The van der Waals surface area contributed by atoms with E-state index in [2.05, 4.69) is 35.2 Å². The summed E-state index contributed by atoms with van der Waals surface area (Å²) in [4.78, 5) is 19.3. The van der Waals surface area contributed by atoms with Gasteiger partial charge in [-0.25, -0.2) is 4.98 Å². The molecule has 0 aliphatic carbocycles. The SMILES string of the molecule is CC(NC(=O)c1ccc(-n2cnc3ccccc32)cc1)C1=CCN(C)CC1. The van der Waals surface area contributed by atoms with Crippen LogP contribution in [-0.4, -0.2) is 46.5 Å². The van der Waals surface area contributed by atoms with E-state index < -0.39 is 0 Å². The third kappa shape index (κ3) is 3.64. The van der Waals surface area contributed by atoms with Crippen LogP contribution in [0.1, 0.15) is 23.7 Å². The van der Waals surface area contributed by atoms with E-state index in [9.17, 15) is 4.79 Å².